The standard InChI is InChI=1S/C10H9Cl5N2/c11-6-3-7(12)5-8(4-6)17-2-1-16-9(17)10(13,14)15/h3-5,9,16H,1-2H2. The van der Waals surface area contributed by atoms with Gasteiger partial charge in [-0.05, 0) is 18.2 Å². The van der Waals surface area contributed by atoms with Crippen molar-refractivity contribution in [2.45, 2.75) is 9.96 Å². The third-order valence-corrected chi connectivity index (χ3v) is 3.55. The summed E-state index contributed by atoms with van der Waals surface area (Å²) in [4.78, 5) is 1.94. The van der Waals surface area contributed by atoms with Crippen LogP contribution in [0.1, 0.15) is 0 Å². The van der Waals surface area contributed by atoms with Crippen molar-refractivity contribution in [3.63, 3.8) is 0 Å². The number of halogens is 5. The van der Waals surface area contributed by atoms with E-state index in [9.17, 15) is 0 Å². The van der Waals surface area contributed by atoms with Crippen LogP contribution >= 0.6 is 58.0 Å². The molecule has 0 amide bonds. The second-order valence-electron chi connectivity index (χ2n) is 3.72. The molecule has 1 aliphatic rings. The van der Waals surface area contributed by atoms with Gasteiger partial charge in [-0.3, -0.25) is 5.32 Å². The lowest BCUT2D eigenvalue weighted by molar-refractivity contribution is 0.616. The van der Waals surface area contributed by atoms with Crippen LogP contribution in [-0.2, 0) is 0 Å². The zero-order chi connectivity index (χ0) is 12.6. The number of benzene rings is 1. The highest BCUT2D eigenvalue weighted by Crippen LogP contribution is 2.37. The second kappa shape index (κ2) is 5.20. The summed E-state index contributed by atoms with van der Waals surface area (Å²) in [5, 5.41) is 4.24. The summed E-state index contributed by atoms with van der Waals surface area (Å²) in [6.07, 6.45) is -0.387. The molecule has 1 aromatic rings. The predicted octanol–water partition coefficient (Wildman–Crippen LogP) is 4.10. The first-order valence-electron chi connectivity index (χ1n) is 4.91. The summed E-state index contributed by atoms with van der Waals surface area (Å²) in [5.41, 5.74) is 0.837. The maximum Gasteiger partial charge on any atom is 0.223 e. The summed E-state index contributed by atoms with van der Waals surface area (Å²) < 4.78 is -1.41. The van der Waals surface area contributed by atoms with E-state index in [0.717, 1.165) is 18.8 Å². The van der Waals surface area contributed by atoms with Gasteiger partial charge in [0, 0.05) is 28.8 Å². The van der Waals surface area contributed by atoms with Gasteiger partial charge in [0.25, 0.3) is 0 Å². The lowest BCUT2D eigenvalue weighted by Crippen LogP contribution is -2.46. The summed E-state index contributed by atoms with van der Waals surface area (Å²) in [7, 11) is 0. The minimum Gasteiger partial charge on any atom is -0.351 e. The second-order valence-corrected chi connectivity index (χ2v) is 6.96. The molecule has 1 aromatic carbocycles. The zero-order valence-electron chi connectivity index (χ0n) is 8.56. The van der Waals surface area contributed by atoms with Gasteiger partial charge in [0.05, 0.1) is 0 Å². The Labute approximate surface area is 125 Å². The molecular formula is C10H9Cl5N2. The van der Waals surface area contributed by atoms with Crippen LogP contribution in [0.2, 0.25) is 10.0 Å². The van der Waals surface area contributed by atoms with Crippen molar-refractivity contribution < 1.29 is 0 Å². The third-order valence-electron chi connectivity index (χ3n) is 2.49. The van der Waals surface area contributed by atoms with Crippen molar-refractivity contribution in [2.75, 3.05) is 18.0 Å². The molecule has 0 saturated carbocycles. The number of anilines is 1. The maximum absolute atomic E-state index is 5.96. The van der Waals surface area contributed by atoms with E-state index in [1.54, 1.807) is 18.2 Å². The van der Waals surface area contributed by atoms with Gasteiger partial charge < -0.3 is 4.90 Å². The first-order chi connectivity index (χ1) is 7.88. The number of nitrogens with one attached hydrogen (secondary N) is 1. The van der Waals surface area contributed by atoms with Crippen LogP contribution in [0.15, 0.2) is 18.2 Å². The van der Waals surface area contributed by atoms with Crippen LogP contribution in [0.4, 0.5) is 5.69 Å². The average molecular weight is 334 g/mol. The van der Waals surface area contributed by atoms with E-state index in [-0.39, 0.29) is 6.17 Å². The van der Waals surface area contributed by atoms with Crippen molar-refractivity contribution in [1.82, 2.24) is 5.32 Å². The Morgan fingerprint density at radius 3 is 2.24 bits per heavy atom. The normalized spacial score (nSPS) is 21.0. The van der Waals surface area contributed by atoms with E-state index in [1.807, 2.05) is 4.90 Å². The van der Waals surface area contributed by atoms with Crippen molar-refractivity contribution >= 4 is 63.7 Å². The number of rotatable bonds is 1. The van der Waals surface area contributed by atoms with E-state index in [4.69, 9.17) is 58.0 Å². The molecule has 7 heteroatoms. The van der Waals surface area contributed by atoms with Gasteiger partial charge in [0.15, 0.2) is 0 Å². The quantitative estimate of drug-likeness (QED) is 0.778. The van der Waals surface area contributed by atoms with Crippen LogP contribution in [-0.4, -0.2) is 23.0 Å². The van der Waals surface area contributed by atoms with Gasteiger partial charge in [-0.1, -0.05) is 58.0 Å². The predicted molar refractivity (Wildman–Crippen MR) is 75.9 cm³/mol. The summed E-state index contributed by atoms with van der Waals surface area (Å²) >= 11 is 29.7. The van der Waals surface area contributed by atoms with E-state index in [2.05, 4.69) is 5.32 Å². The first-order valence-corrected chi connectivity index (χ1v) is 6.80. The van der Waals surface area contributed by atoms with Gasteiger partial charge in [-0.25, -0.2) is 0 Å². The molecule has 0 radical (unpaired) electrons. The molecule has 0 aromatic heterocycles. The largest absolute Gasteiger partial charge is 0.351 e. The SMILES string of the molecule is Clc1cc(Cl)cc(N2CCNC2C(Cl)(Cl)Cl)c1. The highest BCUT2D eigenvalue weighted by molar-refractivity contribution is 6.68. The number of hydrogen-bond donors (Lipinski definition) is 1. The monoisotopic (exact) mass is 332 g/mol. The molecule has 17 heavy (non-hydrogen) atoms. The molecule has 0 bridgehead atoms. The summed E-state index contributed by atoms with van der Waals surface area (Å²) in [5.74, 6) is 0. The molecule has 1 saturated heterocycles. The fourth-order valence-electron chi connectivity index (χ4n) is 1.84. The molecule has 2 nitrogen and oxygen atoms in total. The van der Waals surface area contributed by atoms with Crippen molar-refractivity contribution in [1.29, 1.82) is 0 Å². The van der Waals surface area contributed by atoms with Crippen molar-refractivity contribution in [3.8, 4) is 0 Å². The van der Waals surface area contributed by atoms with E-state index in [0.29, 0.717) is 10.0 Å². The van der Waals surface area contributed by atoms with Gasteiger partial charge in [-0.15, -0.1) is 0 Å². The number of nitrogens with zero attached hydrogens (tertiary/aromatic N) is 1. The Hall–Kier alpha value is 0.430. The van der Waals surface area contributed by atoms with Gasteiger partial charge in [-0.2, -0.15) is 0 Å². The van der Waals surface area contributed by atoms with Crippen LogP contribution in [0.25, 0.3) is 0 Å². The molecule has 2 rings (SSSR count). The fourth-order valence-corrected chi connectivity index (χ4v) is 2.94. The minimum absolute atomic E-state index is 0.387. The lowest BCUT2D eigenvalue weighted by atomic mass is 10.3. The van der Waals surface area contributed by atoms with Gasteiger partial charge >= 0.3 is 0 Å². The fraction of sp³-hybridized carbons (Fsp3) is 0.400. The Balaban J connectivity index is 2.32. The van der Waals surface area contributed by atoms with Crippen LogP contribution in [0, 0.1) is 0 Å². The Morgan fingerprint density at radius 2 is 1.71 bits per heavy atom. The highest BCUT2D eigenvalue weighted by atomic mass is 35.6. The average Bonchev–Trinajstić information content (AvgIpc) is 2.63. The molecule has 1 fully saturated rings. The molecule has 1 aliphatic heterocycles. The van der Waals surface area contributed by atoms with E-state index in [1.165, 1.54) is 0 Å². The molecule has 1 heterocycles. The van der Waals surface area contributed by atoms with Crippen molar-refractivity contribution in [2.24, 2.45) is 0 Å². The van der Waals surface area contributed by atoms with Crippen LogP contribution < -0.4 is 10.2 Å². The third kappa shape index (κ3) is 3.25. The van der Waals surface area contributed by atoms with Gasteiger partial charge in [0.1, 0.15) is 6.17 Å². The number of alkyl halides is 3. The highest BCUT2D eigenvalue weighted by Gasteiger charge is 2.40. The van der Waals surface area contributed by atoms with Gasteiger partial charge in [0.2, 0.25) is 3.79 Å². The van der Waals surface area contributed by atoms with E-state index < -0.39 is 3.79 Å². The zero-order valence-corrected chi connectivity index (χ0v) is 12.3. The molecular weight excluding hydrogens is 325 g/mol. The summed E-state index contributed by atoms with van der Waals surface area (Å²) in [6.45, 7) is 1.47. The molecule has 1 atom stereocenters. The topological polar surface area (TPSA) is 15.3 Å². The first kappa shape index (κ1) is 13.9. The lowest BCUT2D eigenvalue weighted by Gasteiger charge is -2.31. The summed E-state index contributed by atoms with van der Waals surface area (Å²) in [6, 6.07) is 5.26. The smallest absolute Gasteiger partial charge is 0.223 e. The molecule has 0 aliphatic carbocycles. The molecule has 1 N–H and O–H groups in total. The number of hydrogen-bond acceptors (Lipinski definition) is 2. The van der Waals surface area contributed by atoms with Crippen LogP contribution in [0.3, 0.4) is 0 Å². The Bertz CT molecular complexity index is 397. The minimum atomic E-state index is -1.41. The molecule has 94 valence electrons. The molecule has 0 spiro atoms. The van der Waals surface area contributed by atoms with Crippen LogP contribution in [0.5, 0.6) is 0 Å². The maximum atomic E-state index is 5.96. The Morgan fingerprint density at radius 1 is 1.12 bits per heavy atom. The van der Waals surface area contributed by atoms with E-state index >= 15 is 0 Å². The van der Waals surface area contributed by atoms with Crippen molar-refractivity contribution in [3.05, 3.63) is 28.2 Å². The Kier molecular flexibility index (Phi) is 4.24. The molecule has 1 unspecified atom stereocenters.